The van der Waals surface area contributed by atoms with Gasteiger partial charge < -0.3 is 0 Å². The fourth-order valence-electron chi connectivity index (χ4n) is 2.00. The number of rotatable bonds is 2. The van der Waals surface area contributed by atoms with Crippen LogP contribution in [0.1, 0.15) is 5.82 Å². The van der Waals surface area contributed by atoms with E-state index in [9.17, 15) is 4.39 Å². The van der Waals surface area contributed by atoms with E-state index in [1.165, 1.54) is 12.1 Å². The third-order valence-electron chi connectivity index (χ3n) is 2.75. The second-order valence-corrected chi connectivity index (χ2v) is 4.27. The third kappa shape index (κ3) is 1.67. The van der Waals surface area contributed by atoms with Crippen molar-refractivity contribution >= 4 is 22.6 Å². The molecule has 0 amide bonds. The summed E-state index contributed by atoms with van der Waals surface area (Å²) in [5.74, 6) is 0.621. The minimum atomic E-state index is -0.306. The average Bonchev–Trinajstić information content (AvgIpc) is 2.91. The lowest BCUT2D eigenvalue weighted by molar-refractivity contribution is 0.629. The summed E-state index contributed by atoms with van der Waals surface area (Å²) < 4.78 is 16.8. The quantitative estimate of drug-likeness (QED) is 0.667. The highest BCUT2D eigenvalue weighted by molar-refractivity contribution is 6.17. The highest BCUT2D eigenvalue weighted by Crippen LogP contribution is 2.22. The zero-order valence-electron chi connectivity index (χ0n) is 9.64. The van der Waals surface area contributed by atoms with Gasteiger partial charge in [0.05, 0.1) is 28.8 Å². The van der Waals surface area contributed by atoms with Crippen molar-refractivity contribution < 1.29 is 4.39 Å². The van der Waals surface area contributed by atoms with E-state index in [1.807, 2.05) is 17.8 Å². The summed E-state index contributed by atoms with van der Waals surface area (Å²) in [5, 5.41) is 4.12. The number of halogens is 2. The van der Waals surface area contributed by atoms with Gasteiger partial charge in [0.15, 0.2) is 0 Å². The maximum Gasteiger partial charge on any atom is 0.129 e. The van der Waals surface area contributed by atoms with E-state index in [0.29, 0.717) is 11.3 Å². The first-order valence-electron chi connectivity index (χ1n) is 5.41. The molecule has 0 spiro atoms. The molecule has 0 radical (unpaired) electrons. The summed E-state index contributed by atoms with van der Waals surface area (Å²) >= 11 is 5.90. The highest BCUT2D eigenvalue weighted by atomic mass is 35.5. The average molecular weight is 265 g/mol. The maximum absolute atomic E-state index is 13.2. The molecular weight excluding hydrogens is 255 g/mol. The normalized spacial score (nSPS) is 11.3. The molecule has 4 nitrogen and oxygen atoms in total. The lowest BCUT2D eigenvalue weighted by atomic mass is 10.3. The summed E-state index contributed by atoms with van der Waals surface area (Å²) in [4.78, 5) is 4.33. The second kappa shape index (κ2) is 4.10. The molecule has 18 heavy (non-hydrogen) atoms. The number of nitrogens with zero attached hydrogens (tertiary/aromatic N) is 4. The van der Waals surface area contributed by atoms with E-state index in [2.05, 4.69) is 10.1 Å². The maximum atomic E-state index is 13.2. The van der Waals surface area contributed by atoms with Crippen LogP contribution >= 0.6 is 11.6 Å². The Kier molecular flexibility index (Phi) is 2.56. The van der Waals surface area contributed by atoms with Crippen molar-refractivity contribution in [3.8, 4) is 5.69 Å². The topological polar surface area (TPSA) is 35.6 Å². The van der Waals surface area contributed by atoms with Crippen LogP contribution in [0.2, 0.25) is 0 Å². The van der Waals surface area contributed by atoms with Gasteiger partial charge in [-0.2, -0.15) is 5.10 Å². The first kappa shape index (κ1) is 11.2. The number of hydrogen-bond acceptors (Lipinski definition) is 2. The Morgan fingerprint density at radius 2 is 2.22 bits per heavy atom. The molecule has 0 bridgehead atoms. The molecule has 1 aromatic carbocycles. The van der Waals surface area contributed by atoms with Crippen LogP contribution in [0.5, 0.6) is 0 Å². The number of aryl methyl sites for hydroxylation is 1. The van der Waals surface area contributed by atoms with E-state index in [0.717, 1.165) is 11.2 Å². The molecule has 0 N–H and O–H groups in total. The van der Waals surface area contributed by atoms with E-state index in [1.54, 1.807) is 16.9 Å². The van der Waals surface area contributed by atoms with Crippen LogP contribution in [-0.2, 0) is 12.9 Å². The molecule has 3 aromatic rings. The van der Waals surface area contributed by atoms with E-state index in [-0.39, 0.29) is 11.7 Å². The SMILES string of the molecule is Cn1cc(-n2c(CCl)nc3cc(F)ccc32)cn1. The fourth-order valence-corrected chi connectivity index (χ4v) is 2.18. The van der Waals surface area contributed by atoms with Gasteiger partial charge in [0.1, 0.15) is 11.6 Å². The number of benzene rings is 1. The molecule has 0 fully saturated rings. The van der Waals surface area contributed by atoms with E-state index in [4.69, 9.17) is 11.6 Å². The van der Waals surface area contributed by atoms with E-state index >= 15 is 0 Å². The predicted molar refractivity (Wildman–Crippen MR) is 67.4 cm³/mol. The molecule has 2 heterocycles. The molecule has 0 atom stereocenters. The van der Waals surface area contributed by atoms with Crippen molar-refractivity contribution in [1.82, 2.24) is 19.3 Å². The predicted octanol–water partition coefficient (Wildman–Crippen LogP) is 2.64. The molecule has 6 heteroatoms. The van der Waals surface area contributed by atoms with Crippen LogP contribution in [0.25, 0.3) is 16.7 Å². The van der Waals surface area contributed by atoms with Gasteiger partial charge in [-0.25, -0.2) is 9.37 Å². The summed E-state index contributed by atoms with van der Waals surface area (Å²) in [5.41, 5.74) is 2.27. The van der Waals surface area contributed by atoms with Gasteiger partial charge in [-0.1, -0.05) is 0 Å². The van der Waals surface area contributed by atoms with Gasteiger partial charge in [0, 0.05) is 19.3 Å². The van der Waals surface area contributed by atoms with Crippen LogP contribution in [0.3, 0.4) is 0 Å². The van der Waals surface area contributed by atoms with Crippen molar-refractivity contribution in [3.05, 3.63) is 42.2 Å². The number of imidazole rings is 1. The molecule has 92 valence electrons. The van der Waals surface area contributed by atoms with Gasteiger partial charge in [-0.3, -0.25) is 9.25 Å². The second-order valence-electron chi connectivity index (χ2n) is 4.00. The number of alkyl halides is 1. The Morgan fingerprint density at radius 3 is 2.89 bits per heavy atom. The lowest BCUT2D eigenvalue weighted by Crippen LogP contribution is -1.97. The van der Waals surface area contributed by atoms with Crippen molar-refractivity contribution in [2.75, 3.05) is 0 Å². The summed E-state index contributed by atoms with van der Waals surface area (Å²) in [6, 6.07) is 4.51. The third-order valence-corrected chi connectivity index (χ3v) is 2.99. The minimum Gasteiger partial charge on any atom is -0.292 e. The molecule has 0 unspecified atom stereocenters. The van der Waals surface area contributed by atoms with Crippen molar-refractivity contribution in [1.29, 1.82) is 0 Å². The Hall–Kier alpha value is -1.88. The Bertz CT molecular complexity index is 716. The Morgan fingerprint density at radius 1 is 1.39 bits per heavy atom. The summed E-state index contributed by atoms with van der Waals surface area (Å²) in [6.45, 7) is 0. The van der Waals surface area contributed by atoms with Crippen LogP contribution in [0, 0.1) is 5.82 Å². The van der Waals surface area contributed by atoms with Gasteiger partial charge in [-0.05, 0) is 12.1 Å². The van der Waals surface area contributed by atoms with Crippen LogP contribution in [0.15, 0.2) is 30.6 Å². The molecular formula is C12H10ClFN4. The lowest BCUT2D eigenvalue weighted by Gasteiger charge is -2.03. The van der Waals surface area contributed by atoms with Crippen molar-refractivity contribution in [2.24, 2.45) is 7.05 Å². The minimum absolute atomic E-state index is 0.255. The summed E-state index contributed by atoms with van der Waals surface area (Å²) in [6.07, 6.45) is 3.58. The molecule has 0 aliphatic carbocycles. The van der Waals surface area contributed by atoms with Gasteiger partial charge in [0.2, 0.25) is 0 Å². The highest BCUT2D eigenvalue weighted by Gasteiger charge is 2.13. The Balaban J connectivity index is 2.32. The molecule has 0 aliphatic rings. The number of aromatic nitrogens is 4. The zero-order valence-corrected chi connectivity index (χ0v) is 10.4. The van der Waals surface area contributed by atoms with Crippen LogP contribution in [-0.4, -0.2) is 19.3 Å². The van der Waals surface area contributed by atoms with Gasteiger partial charge in [-0.15, -0.1) is 11.6 Å². The molecule has 2 aromatic heterocycles. The monoisotopic (exact) mass is 264 g/mol. The molecule has 3 rings (SSSR count). The smallest absolute Gasteiger partial charge is 0.129 e. The molecule has 0 saturated heterocycles. The van der Waals surface area contributed by atoms with Gasteiger partial charge in [0.25, 0.3) is 0 Å². The molecule has 0 aliphatic heterocycles. The summed E-state index contributed by atoms with van der Waals surface area (Å²) in [7, 11) is 1.84. The van der Waals surface area contributed by atoms with Crippen LogP contribution < -0.4 is 0 Å². The Labute approximate surface area is 108 Å². The van der Waals surface area contributed by atoms with Crippen molar-refractivity contribution in [3.63, 3.8) is 0 Å². The van der Waals surface area contributed by atoms with Crippen molar-refractivity contribution in [2.45, 2.75) is 5.88 Å². The largest absolute Gasteiger partial charge is 0.292 e. The molecule has 0 saturated carbocycles. The first-order chi connectivity index (χ1) is 8.69. The first-order valence-corrected chi connectivity index (χ1v) is 5.94. The van der Waals surface area contributed by atoms with E-state index < -0.39 is 0 Å². The van der Waals surface area contributed by atoms with Gasteiger partial charge >= 0.3 is 0 Å². The van der Waals surface area contributed by atoms with Crippen LogP contribution in [0.4, 0.5) is 4.39 Å². The fraction of sp³-hybridized carbons (Fsp3) is 0.167. The number of hydrogen-bond donors (Lipinski definition) is 0. The standard InChI is InChI=1S/C12H10ClFN4/c1-17-7-9(6-15-17)18-11-3-2-8(14)4-10(11)16-12(18)5-13/h2-4,6-7H,5H2,1H3. The number of fused-ring (bicyclic) bond motifs is 1. The zero-order chi connectivity index (χ0) is 12.7.